The van der Waals surface area contributed by atoms with Gasteiger partial charge in [-0.05, 0) is 30.5 Å². The van der Waals surface area contributed by atoms with Crippen molar-refractivity contribution in [1.82, 2.24) is 15.3 Å². The zero-order valence-corrected chi connectivity index (χ0v) is 16.0. The molecule has 1 aromatic carbocycles. The van der Waals surface area contributed by atoms with Crippen LogP contribution in [0, 0.1) is 5.92 Å². The number of hydrogen-bond donors (Lipinski definition) is 1. The molecular weight excluding hydrogens is 362 g/mol. The fourth-order valence-corrected chi connectivity index (χ4v) is 4.30. The standard InChI is InChI=1S/C21H24ClN3O2/c22-16-10-15-11-17(13-25-19(26)7-6-14-4-1-2-5-14)27-20(15)18(12-16)21-23-8-3-9-24-21/h3,8-10,12,14,17H,1-2,4-7,11,13H2,(H,25,26). The molecule has 142 valence electrons. The number of halogens is 1. The van der Waals surface area contributed by atoms with E-state index in [1.165, 1.54) is 25.7 Å². The number of hydrogen-bond acceptors (Lipinski definition) is 4. The fourth-order valence-electron chi connectivity index (χ4n) is 4.06. The molecule has 1 unspecified atom stereocenters. The highest BCUT2D eigenvalue weighted by Gasteiger charge is 2.28. The Morgan fingerprint density at radius 3 is 2.78 bits per heavy atom. The maximum atomic E-state index is 12.2. The Morgan fingerprint density at radius 2 is 2.00 bits per heavy atom. The Morgan fingerprint density at radius 1 is 1.22 bits per heavy atom. The Bertz CT molecular complexity index is 807. The highest BCUT2D eigenvalue weighted by Crippen LogP contribution is 2.39. The van der Waals surface area contributed by atoms with E-state index in [2.05, 4.69) is 15.3 Å². The lowest BCUT2D eigenvalue weighted by atomic mass is 10.0. The molecule has 2 aliphatic rings. The molecule has 2 aromatic rings. The summed E-state index contributed by atoms with van der Waals surface area (Å²) in [5, 5.41) is 3.67. The molecule has 1 atom stereocenters. The van der Waals surface area contributed by atoms with Crippen LogP contribution >= 0.6 is 11.6 Å². The normalized spacial score (nSPS) is 18.9. The number of nitrogens with one attached hydrogen (secondary N) is 1. The van der Waals surface area contributed by atoms with Gasteiger partial charge in [0, 0.05) is 35.8 Å². The van der Waals surface area contributed by atoms with Gasteiger partial charge in [-0.15, -0.1) is 0 Å². The van der Waals surface area contributed by atoms with Crippen molar-refractivity contribution < 1.29 is 9.53 Å². The molecule has 1 amide bonds. The van der Waals surface area contributed by atoms with E-state index in [4.69, 9.17) is 16.3 Å². The quantitative estimate of drug-likeness (QED) is 0.809. The predicted molar refractivity (Wildman–Crippen MR) is 105 cm³/mol. The summed E-state index contributed by atoms with van der Waals surface area (Å²) >= 11 is 6.28. The first-order valence-corrected chi connectivity index (χ1v) is 10.1. The second-order valence-electron chi connectivity index (χ2n) is 7.45. The van der Waals surface area contributed by atoms with Crippen molar-refractivity contribution in [3.63, 3.8) is 0 Å². The molecule has 1 fully saturated rings. The van der Waals surface area contributed by atoms with Gasteiger partial charge in [0.05, 0.1) is 12.1 Å². The molecule has 2 heterocycles. The highest BCUT2D eigenvalue weighted by atomic mass is 35.5. The van der Waals surface area contributed by atoms with Crippen LogP contribution in [0.1, 0.15) is 44.1 Å². The maximum Gasteiger partial charge on any atom is 0.220 e. The fraction of sp³-hybridized carbons (Fsp3) is 0.476. The van der Waals surface area contributed by atoms with Crippen molar-refractivity contribution in [1.29, 1.82) is 0 Å². The van der Waals surface area contributed by atoms with Gasteiger partial charge in [0.1, 0.15) is 11.9 Å². The van der Waals surface area contributed by atoms with E-state index in [0.717, 1.165) is 35.6 Å². The zero-order chi connectivity index (χ0) is 18.6. The topological polar surface area (TPSA) is 64.1 Å². The molecule has 1 aliphatic carbocycles. The van der Waals surface area contributed by atoms with Crippen LogP contribution in [0.4, 0.5) is 0 Å². The molecule has 1 aliphatic heterocycles. The average Bonchev–Trinajstić information content (AvgIpc) is 3.34. The monoisotopic (exact) mass is 385 g/mol. The summed E-state index contributed by atoms with van der Waals surface area (Å²) in [5.74, 6) is 2.22. The number of fused-ring (bicyclic) bond motifs is 1. The number of nitrogens with zero attached hydrogens (tertiary/aromatic N) is 2. The first kappa shape index (κ1) is 18.2. The van der Waals surface area contributed by atoms with Crippen molar-refractivity contribution in [3.8, 4) is 17.1 Å². The van der Waals surface area contributed by atoms with Crippen LogP contribution in [0.2, 0.25) is 5.02 Å². The van der Waals surface area contributed by atoms with Crippen molar-refractivity contribution >= 4 is 17.5 Å². The number of carbonyl (C=O) groups is 1. The van der Waals surface area contributed by atoms with Crippen LogP contribution in [0.5, 0.6) is 5.75 Å². The van der Waals surface area contributed by atoms with Crippen molar-refractivity contribution in [3.05, 3.63) is 41.2 Å². The zero-order valence-electron chi connectivity index (χ0n) is 15.3. The molecule has 0 bridgehead atoms. The minimum absolute atomic E-state index is 0.0867. The van der Waals surface area contributed by atoms with Gasteiger partial charge in [-0.2, -0.15) is 0 Å². The summed E-state index contributed by atoms with van der Waals surface area (Å²) in [5.41, 5.74) is 1.84. The largest absolute Gasteiger partial charge is 0.487 e. The molecule has 1 aromatic heterocycles. The Labute approximate surface area is 164 Å². The number of benzene rings is 1. The first-order chi connectivity index (χ1) is 13.2. The van der Waals surface area contributed by atoms with E-state index in [0.29, 0.717) is 23.8 Å². The Hall–Kier alpha value is -2.14. The molecule has 6 heteroatoms. The molecule has 0 radical (unpaired) electrons. The molecule has 5 nitrogen and oxygen atoms in total. The molecule has 4 rings (SSSR count). The Kier molecular flexibility index (Phi) is 5.58. The highest BCUT2D eigenvalue weighted by molar-refractivity contribution is 6.31. The lowest BCUT2D eigenvalue weighted by molar-refractivity contribution is -0.121. The minimum Gasteiger partial charge on any atom is -0.487 e. The third kappa shape index (κ3) is 4.41. The van der Waals surface area contributed by atoms with Crippen LogP contribution in [-0.4, -0.2) is 28.5 Å². The number of amides is 1. The summed E-state index contributed by atoms with van der Waals surface area (Å²) in [6.07, 6.45) is 10.8. The third-order valence-electron chi connectivity index (χ3n) is 5.45. The van der Waals surface area contributed by atoms with Gasteiger partial charge in [-0.25, -0.2) is 9.97 Å². The summed E-state index contributed by atoms with van der Waals surface area (Å²) < 4.78 is 6.12. The van der Waals surface area contributed by atoms with Gasteiger partial charge < -0.3 is 10.1 Å². The lowest BCUT2D eigenvalue weighted by Gasteiger charge is -2.14. The second-order valence-corrected chi connectivity index (χ2v) is 7.89. The van der Waals surface area contributed by atoms with Crippen LogP contribution in [0.15, 0.2) is 30.6 Å². The molecule has 0 spiro atoms. The van der Waals surface area contributed by atoms with Crippen molar-refractivity contribution in [2.75, 3.05) is 6.54 Å². The van der Waals surface area contributed by atoms with E-state index in [1.807, 2.05) is 12.1 Å². The molecule has 0 saturated heterocycles. The van der Waals surface area contributed by atoms with Crippen LogP contribution in [-0.2, 0) is 11.2 Å². The summed E-state index contributed by atoms with van der Waals surface area (Å²) in [6, 6.07) is 5.53. The van der Waals surface area contributed by atoms with E-state index in [9.17, 15) is 4.79 Å². The SMILES string of the molecule is O=C(CCC1CCCC1)NCC1Cc2cc(Cl)cc(-c3ncccn3)c2O1. The molecule has 1 N–H and O–H groups in total. The first-order valence-electron chi connectivity index (χ1n) is 9.72. The Balaban J connectivity index is 1.36. The number of aromatic nitrogens is 2. The third-order valence-corrected chi connectivity index (χ3v) is 5.67. The lowest BCUT2D eigenvalue weighted by Crippen LogP contribution is -2.34. The maximum absolute atomic E-state index is 12.2. The summed E-state index contributed by atoms with van der Waals surface area (Å²) in [7, 11) is 0. The smallest absolute Gasteiger partial charge is 0.220 e. The molecule has 1 saturated carbocycles. The van der Waals surface area contributed by atoms with Gasteiger partial charge in [0.25, 0.3) is 0 Å². The average molecular weight is 386 g/mol. The number of ether oxygens (including phenoxy) is 1. The van der Waals surface area contributed by atoms with E-state index in [-0.39, 0.29) is 12.0 Å². The van der Waals surface area contributed by atoms with Gasteiger partial charge in [0.15, 0.2) is 5.82 Å². The molecular formula is C21H24ClN3O2. The van der Waals surface area contributed by atoms with Crippen LogP contribution in [0.25, 0.3) is 11.4 Å². The molecule has 27 heavy (non-hydrogen) atoms. The van der Waals surface area contributed by atoms with Crippen molar-refractivity contribution in [2.24, 2.45) is 5.92 Å². The minimum atomic E-state index is -0.0867. The van der Waals surface area contributed by atoms with E-state index in [1.54, 1.807) is 18.5 Å². The van der Waals surface area contributed by atoms with E-state index < -0.39 is 0 Å². The number of rotatable bonds is 6. The summed E-state index contributed by atoms with van der Waals surface area (Å²) in [6.45, 7) is 0.505. The van der Waals surface area contributed by atoms with Gasteiger partial charge >= 0.3 is 0 Å². The predicted octanol–water partition coefficient (Wildman–Crippen LogP) is 4.19. The van der Waals surface area contributed by atoms with Crippen molar-refractivity contribution in [2.45, 2.75) is 51.0 Å². The number of carbonyl (C=O) groups excluding carboxylic acids is 1. The van der Waals surface area contributed by atoms with Crippen LogP contribution in [0.3, 0.4) is 0 Å². The summed E-state index contributed by atoms with van der Waals surface area (Å²) in [4.78, 5) is 20.8. The van der Waals surface area contributed by atoms with E-state index >= 15 is 0 Å². The second kappa shape index (κ2) is 8.26. The van der Waals surface area contributed by atoms with Crippen LogP contribution < -0.4 is 10.1 Å². The van der Waals surface area contributed by atoms with Gasteiger partial charge in [0.2, 0.25) is 5.91 Å². The van der Waals surface area contributed by atoms with Gasteiger partial charge in [-0.1, -0.05) is 37.3 Å². The van der Waals surface area contributed by atoms with Gasteiger partial charge in [-0.3, -0.25) is 4.79 Å².